The lowest BCUT2D eigenvalue weighted by Gasteiger charge is -2.04. The molecule has 2 aromatic rings. The average molecular weight is 258 g/mol. The van der Waals surface area contributed by atoms with E-state index in [1.807, 2.05) is 18.2 Å². The fraction of sp³-hybridized carbons (Fsp3) is 0.143. The molecule has 0 unspecified atom stereocenters. The Balaban J connectivity index is 1.73. The van der Waals surface area contributed by atoms with E-state index in [9.17, 15) is 4.79 Å². The summed E-state index contributed by atoms with van der Waals surface area (Å²) < 4.78 is 0. The first-order valence-corrected chi connectivity index (χ1v) is 6.81. The average Bonchev–Trinajstić information content (AvgIpc) is 2.41. The number of amides is 1. The number of hydrogen-bond donors (Lipinski definition) is 1. The molecule has 0 fully saturated rings. The van der Waals surface area contributed by atoms with E-state index in [0.717, 1.165) is 11.4 Å². The summed E-state index contributed by atoms with van der Waals surface area (Å²) in [7, 11) is 0. The van der Waals surface area contributed by atoms with Gasteiger partial charge in [-0.05, 0) is 17.7 Å². The van der Waals surface area contributed by atoms with Crippen LogP contribution in [-0.2, 0) is 10.5 Å². The van der Waals surface area contributed by atoms with Crippen molar-refractivity contribution in [3.8, 4) is 0 Å². The third-order valence-electron chi connectivity index (χ3n) is 2.31. The summed E-state index contributed by atoms with van der Waals surface area (Å²) >= 11 is 1.61. The number of carbonyl (C=O) groups is 1. The Kier molecular flexibility index (Phi) is 4.78. The molecule has 0 aliphatic rings. The molecule has 1 heterocycles. The lowest BCUT2D eigenvalue weighted by atomic mass is 10.2. The highest BCUT2D eigenvalue weighted by Crippen LogP contribution is 2.12. The lowest BCUT2D eigenvalue weighted by molar-refractivity contribution is -0.113. The van der Waals surface area contributed by atoms with Crippen LogP contribution in [0.3, 0.4) is 0 Å². The molecule has 18 heavy (non-hydrogen) atoms. The van der Waals surface area contributed by atoms with E-state index in [4.69, 9.17) is 0 Å². The highest BCUT2D eigenvalue weighted by atomic mass is 32.2. The van der Waals surface area contributed by atoms with Crippen LogP contribution in [-0.4, -0.2) is 16.6 Å². The molecule has 0 aliphatic carbocycles. The van der Waals surface area contributed by atoms with Crippen molar-refractivity contribution in [1.29, 1.82) is 0 Å². The van der Waals surface area contributed by atoms with Crippen LogP contribution < -0.4 is 5.32 Å². The Hall–Kier alpha value is -1.81. The van der Waals surface area contributed by atoms with E-state index in [1.54, 1.807) is 36.3 Å². The van der Waals surface area contributed by atoms with Crippen molar-refractivity contribution < 1.29 is 4.79 Å². The number of carbonyl (C=O) groups excluding carboxylic acids is 1. The number of rotatable bonds is 5. The Morgan fingerprint density at radius 1 is 1.11 bits per heavy atom. The van der Waals surface area contributed by atoms with Gasteiger partial charge in [-0.1, -0.05) is 30.3 Å². The zero-order valence-electron chi connectivity index (χ0n) is 9.87. The zero-order chi connectivity index (χ0) is 12.6. The van der Waals surface area contributed by atoms with E-state index in [1.165, 1.54) is 5.56 Å². The summed E-state index contributed by atoms with van der Waals surface area (Å²) in [5.41, 5.74) is 2.02. The Bertz CT molecular complexity index is 488. The van der Waals surface area contributed by atoms with Gasteiger partial charge in [-0.2, -0.15) is 0 Å². The smallest absolute Gasteiger partial charge is 0.234 e. The number of nitrogens with one attached hydrogen (secondary N) is 1. The molecule has 0 aliphatic heterocycles. The highest BCUT2D eigenvalue weighted by molar-refractivity contribution is 7.99. The minimum Gasteiger partial charge on any atom is -0.325 e. The number of hydrogen-bond acceptors (Lipinski definition) is 3. The number of nitrogens with zero attached hydrogens (tertiary/aromatic N) is 1. The molecule has 4 heteroatoms. The number of anilines is 1. The highest BCUT2D eigenvalue weighted by Gasteiger charge is 2.02. The molecular formula is C14H14N2OS. The molecule has 92 valence electrons. The van der Waals surface area contributed by atoms with Crippen LogP contribution in [0.5, 0.6) is 0 Å². The van der Waals surface area contributed by atoms with Crippen LogP contribution in [0.15, 0.2) is 54.9 Å². The molecule has 3 nitrogen and oxygen atoms in total. The molecule has 1 aromatic heterocycles. The largest absolute Gasteiger partial charge is 0.325 e. The summed E-state index contributed by atoms with van der Waals surface area (Å²) in [5.74, 6) is 1.32. The summed E-state index contributed by atoms with van der Waals surface area (Å²) in [4.78, 5) is 15.5. The first-order chi connectivity index (χ1) is 8.84. The summed E-state index contributed by atoms with van der Waals surface area (Å²) in [6.07, 6.45) is 3.32. The van der Waals surface area contributed by atoms with Gasteiger partial charge in [-0.3, -0.25) is 9.78 Å². The van der Waals surface area contributed by atoms with Crippen molar-refractivity contribution in [2.24, 2.45) is 0 Å². The predicted molar refractivity (Wildman–Crippen MR) is 75.5 cm³/mol. The van der Waals surface area contributed by atoms with Gasteiger partial charge in [0.05, 0.1) is 5.75 Å². The van der Waals surface area contributed by atoms with Gasteiger partial charge >= 0.3 is 0 Å². The standard InChI is InChI=1S/C14H14N2OS/c17-14(16-13-6-8-15-9-7-13)11-18-10-12-4-2-1-3-5-12/h1-9H,10-11H2,(H,15,16,17). The molecule has 0 spiro atoms. The van der Waals surface area contributed by atoms with Gasteiger partial charge < -0.3 is 5.32 Å². The van der Waals surface area contributed by atoms with E-state index in [2.05, 4.69) is 22.4 Å². The van der Waals surface area contributed by atoms with Crippen LogP contribution >= 0.6 is 11.8 Å². The minimum absolute atomic E-state index is 0.0159. The molecule has 0 radical (unpaired) electrons. The Labute approximate surface area is 111 Å². The summed E-state index contributed by atoms with van der Waals surface area (Å²) in [5, 5.41) is 2.83. The van der Waals surface area contributed by atoms with Crippen LogP contribution in [0, 0.1) is 0 Å². The van der Waals surface area contributed by atoms with Crippen molar-refractivity contribution >= 4 is 23.4 Å². The van der Waals surface area contributed by atoms with Crippen LogP contribution in [0.2, 0.25) is 0 Å². The first-order valence-electron chi connectivity index (χ1n) is 5.66. The minimum atomic E-state index is 0.0159. The van der Waals surface area contributed by atoms with Crippen molar-refractivity contribution in [3.05, 3.63) is 60.4 Å². The fourth-order valence-corrected chi connectivity index (χ4v) is 2.26. The van der Waals surface area contributed by atoms with Gasteiger partial charge in [0, 0.05) is 23.8 Å². The van der Waals surface area contributed by atoms with Gasteiger partial charge in [0.2, 0.25) is 5.91 Å². The van der Waals surface area contributed by atoms with Crippen molar-refractivity contribution in [3.63, 3.8) is 0 Å². The van der Waals surface area contributed by atoms with Gasteiger partial charge in [0.25, 0.3) is 0 Å². The molecule has 0 saturated carbocycles. The second kappa shape index (κ2) is 6.81. The van der Waals surface area contributed by atoms with Crippen LogP contribution in [0.25, 0.3) is 0 Å². The van der Waals surface area contributed by atoms with Gasteiger partial charge in [0.15, 0.2) is 0 Å². The number of pyridine rings is 1. The van der Waals surface area contributed by atoms with Crippen molar-refractivity contribution in [2.45, 2.75) is 5.75 Å². The maximum atomic E-state index is 11.7. The van der Waals surface area contributed by atoms with E-state index < -0.39 is 0 Å². The lowest BCUT2D eigenvalue weighted by Crippen LogP contribution is -2.14. The van der Waals surface area contributed by atoms with Gasteiger partial charge in [-0.15, -0.1) is 11.8 Å². The van der Waals surface area contributed by atoms with Crippen molar-refractivity contribution in [1.82, 2.24) is 4.98 Å². The molecule has 0 saturated heterocycles. The molecule has 1 amide bonds. The van der Waals surface area contributed by atoms with E-state index >= 15 is 0 Å². The van der Waals surface area contributed by atoms with Crippen molar-refractivity contribution in [2.75, 3.05) is 11.1 Å². The quantitative estimate of drug-likeness (QED) is 0.896. The molecular weight excluding hydrogens is 244 g/mol. The third-order valence-corrected chi connectivity index (χ3v) is 3.31. The molecule has 1 N–H and O–H groups in total. The fourth-order valence-electron chi connectivity index (χ4n) is 1.47. The van der Waals surface area contributed by atoms with Crippen LogP contribution in [0.4, 0.5) is 5.69 Å². The summed E-state index contributed by atoms with van der Waals surface area (Å²) in [6.45, 7) is 0. The number of benzene rings is 1. The zero-order valence-corrected chi connectivity index (χ0v) is 10.7. The summed E-state index contributed by atoms with van der Waals surface area (Å²) in [6, 6.07) is 13.7. The second-order valence-electron chi connectivity index (χ2n) is 3.76. The van der Waals surface area contributed by atoms with E-state index in [0.29, 0.717) is 5.75 Å². The normalized spacial score (nSPS) is 10.0. The molecule has 0 bridgehead atoms. The Morgan fingerprint density at radius 2 is 1.83 bits per heavy atom. The maximum absolute atomic E-state index is 11.7. The molecule has 0 atom stereocenters. The van der Waals surface area contributed by atoms with Gasteiger partial charge in [-0.25, -0.2) is 0 Å². The van der Waals surface area contributed by atoms with E-state index in [-0.39, 0.29) is 5.91 Å². The molecule has 1 aromatic carbocycles. The first kappa shape index (κ1) is 12.6. The number of thioether (sulfide) groups is 1. The maximum Gasteiger partial charge on any atom is 0.234 e. The topological polar surface area (TPSA) is 42.0 Å². The number of aromatic nitrogens is 1. The predicted octanol–water partition coefficient (Wildman–Crippen LogP) is 2.95. The third kappa shape index (κ3) is 4.22. The molecule has 2 rings (SSSR count). The van der Waals surface area contributed by atoms with Crippen LogP contribution in [0.1, 0.15) is 5.56 Å². The van der Waals surface area contributed by atoms with Gasteiger partial charge in [0.1, 0.15) is 0 Å². The Morgan fingerprint density at radius 3 is 2.56 bits per heavy atom. The SMILES string of the molecule is O=C(CSCc1ccccc1)Nc1ccncc1. The second-order valence-corrected chi connectivity index (χ2v) is 4.75. The monoisotopic (exact) mass is 258 g/mol.